The highest BCUT2D eigenvalue weighted by Crippen LogP contribution is 2.19. The van der Waals surface area contributed by atoms with E-state index in [9.17, 15) is 0 Å². The summed E-state index contributed by atoms with van der Waals surface area (Å²) in [4.78, 5) is 7.28. The van der Waals surface area contributed by atoms with E-state index in [2.05, 4.69) is 40.7 Å². The number of aryl methyl sites for hydroxylation is 1. The average Bonchev–Trinajstić information content (AvgIpc) is 2.77. The number of aromatic nitrogens is 2. The van der Waals surface area contributed by atoms with Gasteiger partial charge in [-0.15, -0.1) is 0 Å². The maximum atomic E-state index is 6.08. The van der Waals surface area contributed by atoms with Crippen molar-refractivity contribution < 1.29 is 0 Å². The molecule has 1 fully saturated rings. The number of imidazole rings is 1. The highest BCUT2D eigenvalue weighted by Gasteiger charge is 2.19. The molecule has 1 atom stereocenters. The molecule has 1 aromatic heterocycles. The summed E-state index contributed by atoms with van der Waals surface area (Å²) >= 11 is 0. The fraction of sp³-hybridized carbons (Fsp3) is 0.562. The van der Waals surface area contributed by atoms with Crippen molar-refractivity contribution in [3.8, 4) is 0 Å². The highest BCUT2D eigenvalue weighted by molar-refractivity contribution is 5.75. The van der Waals surface area contributed by atoms with Gasteiger partial charge in [0.15, 0.2) is 0 Å². The van der Waals surface area contributed by atoms with Crippen molar-refractivity contribution in [2.45, 2.75) is 45.3 Å². The van der Waals surface area contributed by atoms with E-state index in [1.807, 2.05) is 0 Å². The van der Waals surface area contributed by atoms with Crippen LogP contribution in [0.2, 0.25) is 0 Å². The van der Waals surface area contributed by atoms with Crippen LogP contribution in [-0.2, 0) is 13.1 Å². The van der Waals surface area contributed by atoms with E-state index in [4.69, 9.17) is 10.7 Å². The van der Waals surface area contributed by atoms with Crippen LogP contribution in [0.25, 0.3) is 11.0 Å². The molecule has 4 nitrogen and oxygen atoms in total. The Kier molecular flexibility index (Phi) is 4.03. The lowest BCUT2D eigenvalue weighted by Gasteiger charge is -2.30. The first kappa shape index (κ1) is 13.6. The zero-order valence-corrected chi connectivity index (χ0v) is 12.3. The summed E-state index contributed by atoms with van der Waals surface area (Å²) in [6.45, 7) is 6.31. The Balaban J connectivity index is 1.87. The Morgan fingerprint density at radius 3 is 3.00 bits per heavy atom. The molecule has 0 radical (unpaired) electrons. The van der Waals surface area contributed by atoms with Gasteiger partial charge in [-0.05, 0) is 37.9 Å². The zero-order valence-electron chi connectivity index (χ0n) is 12.3. The molecule has 4 heteroatoms. The molecule has 2 heterocycles. The van der Waals surface area contributed by atoms with Gasteiger partial charge in [-0.1, -0.05) is 19.1 Å². The second-order valence-corrected chi connectivity index (χ2v) is 5.81. The Labute approximate surface area is 120 Å². The van der Waals surface area contributed by atoms with Gasteiger partial charge in [0.25, 0.3) is 0 Å². The van der Waals surface area contributed by atoms with Gasteiger partial charge in [0, 0.05) is 19.1 Å². The largest absolute Gasteiger partial charge is 0.327 e. The second-order valence-electron chi connectivity index (χ2n) is 5.81. The Hall–Kier alpha value is -1.39. The molecule has 0 saturated carbocycles. The van der Waals surface area contributed by atoms with Gasteiger partial charge in [0.1, 0.15) is 5.82 Å². The predicted molar refractivity (Wildman–Crippen MR) is 82.5 cm³/mol. The maximum absolute atomic E-state index is 6.08. The van der Waals surface area contributed by atoms with Crippen molar-refractivity contribution in [1.82, 2.24) is 14.5 Å². The molecule has 1 unspecified atom stereocenters. The van der Waals surface area contributed by atoms with Crippen molar-refractivity contribution in [1.29, 1.82) is 0 Å². The monoisotopic (exact) mass is 272 g/mol. The summed E-state index contributed by atoms with van der Waals surface area (Å²) in [6.07, 6.45) is 3.49. The van der Waals surface area contributed by atoms with Gasteiger partial charge >= 0.3 is 0 Å². The summed E-state index contributed by atoms with van der Waals surface area (Å²) in [5, 5.41) is 0. The molecule has 1 saturated heterocycles. The van der Waals surface area contributed by atoms with Crippen LogP contribution in [0, 0.1) is 0 Å². The number of rotatable bonds is 4. The van der Waals surface area contributed by atoms with E-state index in [0.29, 0.717) is 6.04 Å². The minimum Gasteiger partial charge on any atom is -0.327 e. The summed E-state index contributed by atoms with van der Waals surface area (Å²) in [6, 6.07) is 8.76. The SMILES string of the molecule is CCCn1c(CN2CCCC(N)C2)nc2ccccc21. The summed E-state index contributed by atoms with van der Waals surface area (Å²) in [7, 11) is 0. The predicted octanol–water partition coefficient (Wildman–Crippen LogP) is 2.37. The van der Waals surface area contributed by atoms with Gasteiger partial charge in [-0.3, -0.25) is 4.90 Å². The lowest BCUT2D eigenvalue weighted by atomic mass is 10.1. The molecular formula is C16H24N4. The number of hydrogen-bond donors (Lipinski definition) is 1. The van der Waals surface area contributed by atoms with Crippen LogP contribution in [0.1, 0.15) is 32.0 Å². The van der Waals surface area contributed by atoms with Crippen LogP contribution in [0.3, 0.4) is 0 Å². The normalized spacial score (nSPS) is 20.6. The Morgan fingerprint density at radius 2 is 2.20 bits per heavy atom. The van der Waals surface area contributed by atoms with Crippen molar-refractivity contribution in [3.05, 3.63) is 30.1 Å². The number of benzene rings is 1. The molecule has 108 valence electrons. The van der Waals surface area contributed by atoms with Crippen LogP contribution in [0.15, 0.2) is 24.3 Å². The van der Waals surface area contributed by atoms with Crippen LogP contribution in [-0.4, -0.2) is 33.6 Å². The number of hydrogen-bond acceptors (Lipinski definition) is 3. The zero-order chi connectivity index (χ0) is 13.9. The first-order valence-corrected chi connectivity index (χ1v) is 7.70. The first-order valence-electron chi connectivity index (χ1n) is 7.70. The molecule has 0 bridgehead atoms. The van der Waals surface area contributed by atoms with Gasteiger partial charge in [0.05, 0.1) is 17.6 Å². The van der Waals surface area contributed by atoms with Crippen LogP contribution in [0.5, 0.6) is 0 Å². The molecule has 1 aliphatic rings. The first-order chi connectivity index (χ1) is 9.78. The third kappa shape index (κ3) is 2.72. The fourth-order valence-corrected chi connectivity index (χ4v) is 3.15. The molecule has 0 aliphatic carbocycles. The minimum absolute atomic E-state index is 0.327. The smallest absolute Gasteiger partial charge is 0.124 e. The molecular weight excluding hydrogens is 248 g/mol. The van der Waals surface area contributed by atoms with E-state index < -0.39 is 0 Å². The molecule has 1 aromatic carbocycles. The number of nitrogens with zero attached hydrogens (tertiary/aromatic N) is 3. The quantitative estimate of drug-likeness (QED) is 0.929. The molecule has 2 aromatic rings. The van der Waals surface area contributed by atoms with Gasteiger partial charge < -0.3 is 10.3 Å². The van der Waals surface area contributed by atoms with Gasteiger partial charge in [-0.2, -0.15) is 0 Å². The number of piperidine rings is 1. The lowest BCUT2D eigenvalue weighted by Crippen LogP contribution is -2.42. The average molecular weight is 272 g/mol. The van der Waals surface area contributed by atoms with E-state index in [1.165, 1.54) is 17.8 Å². The third-order valence-corrected chi connectivity index (χ3v) is 4.09. The number of fused-ring (bicyclic) bond motifs is 1. The fourth-order valence-electron chi connectivity index (χ4n) is 3.15. The number of para-hydroxylation sites is 2. The Bertz CT molecular complexity index is 575. The molecule has 20 heavy (non-hydrogen) atoms. The third-order valence-electron chi connectivity index (χ3n) is 4.09. The highest BCUT2D eigenvalue weighted by atomic mass is 15.2. The van der Waals surface area contributed by atoms with E-state index >= 15 is 0 Å². The van der Waals surface area contributed by atoms with Gasteiger partial charge in [0.2, 0.25) is 0 Å². The maximum Gasteiger partial charge on any atom is 0.124 e. The van der Waals surface area contributed by atoms with Crippen molar-refractivity contribution in [3.63, 3.8) is 0 Å². The van der Waals surface area contributed by atoms with Crippen molar-refractivity contribution in [2.24, 2.45) is 5.73 Å². The van der Waals surface area contributed by atoms with Crippen LogP contribution in [0.4, 0.5) is 0 Å². The number of nitrogens with two attached hydrogens (primary N) is 1. The van der Waals surface area contributed by atoms with Gasteiger partial charge in [-0.25, -0.2) is 4.98 Å². The number of likely N-dealkylation sites (tertiary alicyclic amines) is 1. The standard InChI is InChI=1S/C16H24N4/c1-2-9-20-15-8-4-3-7-14(15)18-16(20)12-19-10-5-6-13(17)11-19/h3-4,7-8,13H,2,5-6,9-12,17H2,1H3. The molecule has 2 N–H and O–H groups in total. The van der Waals surface area contributed by atoms with Crippen molar-refractivity contribution in [2.75, 3.05) is 13.1 Å². The Morgan fingerprint density at radius 1 is 1.35 bits per heavy atom. The lowest BCUT2D eigenvalue weighted by molar-refractivity contribution is 0.195. The minimum atomic E-state index is 0.327. The van der Waals surface area contributed by atoms with Crippen LogP contribution < -0.4 is 5.73 Å². The van der Waals surface area contributed by atoms with Crippen molar-refractivity contribution >= 4 is 11.0 Å². The summed E-state index contributed by atoms with van der Waals surface area (Å²) in [5.41, 5.74) is 8.45. The summed E-state index contributed by atoms with van der Waals surface area (Å²) in [5.74, 6) is 1.18. The van der Waals surface area contributed by atoms with E-state index in [1.54, 1.807) is 0 Å². The molecule has 3 rings (SSSR count). The molecule has 1 aliphatic heterocycles. The van der Waals surface area contributed by atoms with E-state index in [-0.39, 0.29) is 0 Å². The molecule has 0 spiro atoms. The second kappa shape index (κ2) is 5.94. The summed E-state index contributed by atoms with van der Waals surface area (Å²) < 4.78 is 2.37. The van der Waals surface area contributed by atoms with Crippen LogP contribution >= 0.6 is 0 Å². The molecule has 0 amide bonds. The van der Waals surface area contributed by atoms with E-state index in [0.717, 1.165) is 44.5 Å². The topological polar surface area (TPSA) is 47.1 Å².